The van der Waals surface area contributed by atoms with Gasteiger partial charge in [-0.25, -0.2) is 17.2 Å². The highest BCUT2D eigenvalue weighted by atomic mass is 32.2. The molecular formula is C27H22F5N3O5S2. The van der Waals surface area contributed by atoms with E-state index >= 15 is 0 Å². The Morgan fingerprint density at radius 3 is 2.38 bits per heavy atom. The number of nitrogens with zero attached hydrogens (tertiary/aromatic N) is 1. The molecule has 0 unspecified atom stereocenters. The predicted molar refractivity (Wildman–Crippen MR) is 148 cm³/mol. The number of rotatable bonds is 8. The van der Waals surface area contributed by atoms with Gasteiger partial charge in [-0.3, -0.25) is 14.3 Å². The minimum Gasteiger partial charge on any atom is -0.454 e. The topological polar surface area (TPSA) is 106 Å². The lowest BCUT2D eigenvalue weighted by Gasteiger charge is -2.20. The van der Waals surface area contributed by atoms with Crippen molar-refractivity contribution in [1.82, 2.24) is 9.88 Å². The average molecular weight is 628 g/mol. The zero-order chi connectivity index (χ0) is 30.6. The lowest BCUT2D eigenvalue weighted by Crippen LogP contribution is -2.47. The van der Waals surface area contributed by atoms with E-state index in [2.05, 4.69) is 4.72 Å². The van der Waals surface area contributed by atoms with E-state index in [0.717, 1.165) is 23.5 Å². The van der Waals surface area contributed by atoms with Crippen molar-refractivity contribution in [2.75, 3.05) is 10.5 Å². The molecule has 2 aromatic carbocycles. The third-order valence-electron chi connectivity index (χ3n) is 6.76. The summed E-state index contributed by atoms with van der Waals surface area (Å²) in [4.78, 5) is 25.7. The molecule has 0 bridgehead atoms. The van der Waals surface area contributed by atoms with Crippen LogP contribution in [0.25, 0.3) is 21.2 Å². The number of hydrogen-bond acceptors (Lipinski definition) is 6. The smallest absolute Gasteiger partial charge is 0.411 e. The Hall–Kier alpha value is -3.98. The number of sulfonamides is 1. The number of nitrogens with one attached hydrogen (secondary N) is 2. The number of benzene rings is 2. The van der Waals surface area contributed by atoms with E-state index in [1.165, 1.54) is 49.0 Å². The van der Waals surface area contributed by atoms with E-state index in [1.54, 1.807) is 0 Å². The van der Waals surface area contributed by atoms with Crippen LogP contribution in [-0.4, -0.2) is 36.4 Å². The number of anilines is 1. The van der Waals surface area contributed by atoms with Crippen LogP contribution in [0.3, 0.4) is 0 Å². The quantitative estimate of drug-likeness (QED) is 0.236. The maximum atomic E-state index is 14.5. The SMILES string of the molecule is CCS(=O)(=O)Nc1ccc(Oc2ccc(F)cc2F)c(-c2cn(C)c(=O)c3cc(C(=O)NC4(C(F)(F)F)CC4)sc23)c1. The first-order valence-corrected chi connectivity index (χ1v) is 14.9. The molecule has 1 saturated carbocycles. The Balaban J connectivity index is 1.66. The lowest BCUT2D eigenvalue weighted by atomic mass is 10.0. The summed E-state index contributed by atoms with van der Waals surface area (Å²) in [6.07, 6.45) is -3.79. The number of thiophene rings is 1. The Labute approximate surface area is 239 Å². The predicted octanol–water partition coefficient (Wildman–Crippen LogP) is 5.92. The Morgan fingerprint density at radius 2 is 1.76 bits per heavy atom. The summed E-state index contributed by atoms with van der Waals surface area (Å²) < 4.78 is 102. The molecule has 0 atom stereocenters. The van der Waals surface area contributed by atoms with Gasteiger partial charge in [-0.15, -0.1) is 11.3 Å². The van der Waals surface area contributed by atoms with Crippen LogP contribution in [0.2, 0.25) is 0 Å². The highest BCUT2D eigenvalue weighted by Crippen LogP contribution is 2.49. The molecule has 4 aromatic rings. The van der Waals surface area contributed by atoms with Crippen molar-refractivity contribution in [2.45, 2.75) is 31.5 Å². The number of aromatic nitrogens is 1. The summed E-state index contributed by atoms with van der Waals surface area (Å²) in [7, 11) is -2.32. The second kappa shape index (κ2) is 10.4. The van der Waals surface area contributed by atoms with Crippen molar-refractivity contribution < 1.29 is 39.9 Å². The van der Waals surface area contributed by atoms with Gasteiger partial charge in [-0.1, -0.05) is 0 Å². The minimum atomic E-state index is -4.64. The fraction of sp³-hybridized carbons (Fsp3) is 0.259. The summed E-state index contributed by atoms with van der Waals surface area (Å²) >= 11 is 0.762. The zero-order valence-corrected chi connectivity index (χ0v) is 23.6. The largest absolute Gasteiger partial charge is 0.454 e. The Kier molecular flexibility index (Phi) is 7.29. The first-order valence-electron chi connectivity index (χ1n) is 12.4. The first-order chi connectivity index (χ1) is 19.6. The highest BCUT2D eigenvalue weighted by Gasteiger charge is 2.64. The number of carbonyl (C=O) groups is 1. The van der Waals surface area contributed by atoms with Gasteiger partial charge in [0.15, 0.2) is 11.6 Å². The number of pyridine rings is 1. The molecule has 8 nitrogen and oxygen atoms in total. The lowest BCUT2D eigenvalue weighted by molar-refractivity contribution is -0.163. The molecule has 42 heavy (non-hydrogen) atoms. The van der Waals surface area contributed by atoms with E-state index in [1.807, 2.05) is 5.32 Å². The number of hydrogen-bond donors (Lipinski definition) is 2. The summed E-state index contributed by atoms with van der Waals surface area (Å²) in [6.45, 7) is 1.43. The van der Waals surface area contributed by atoms with Gasteiger partial charge in [0, 0.05) is 36.1 Å². The Bertz CT molecular complexity index is 1900. The maximum Gasteiger partial charge on any atom is 0.411 e. The standard InChI is InChI=1S/C27H22F5N3O5S2/c1-3-42(38,39)34-15-5-7-20(40-21-6-4-14(28)10-19(21)29)16(11-15)18-13-35(2)25(37)17-12-22(41-23(17)18)24(36)33-26(8-9-26)27(30,31)32/h4-7,10-13,34H,3,8-9H2,1-2H3,(H,33,36). The van der Waals surface area contributed by atoms with E-state index in [4.69, 9.17) is 4.74 Å². The van der Waals surface area contributed by atoms with E-state index in [9.17, 15) is 40.0 Å². The van der Waals surface area contributed by atoms with E-state index in [-0.39, 0.29) is 61.9 Å². The normalized spacial score (nSPS) is 14.5. The van der Waals surface area contributed by atoms with Gasteiger partial charge < -0.3 is 14.6 Å². The number of aryl methyl sites for hydroxylation is 1. The van der Waals surface area contributed by atoms with Crippen molar-refractivity contribution in [2.24, 2.45) is 7.05 Å². The van der Waals surface area contributed by atoms with Gasteiger partial charge in [-0.2, -0.15) is 13.2 Å². The van der Waals surface area contributed by atoms with Crippen LogP contribution >= 0.6 is 11.3 Å². The van der Waals surface area contributed by atoms with Gasteiger partial charge in [0.2, 0.25) is 10.0 Å². The van der Waals surface area contributed by atoms with Crippen LogP contribution in [0, 0.1) is 11.6 Å². The van der Waals surface area contributed by atoms with Gasteiger partial charge >= 0.3 is 6.18 Å². The molecule has 1 aliphatic carbocycles. The van der Waals surface area contributed by atoms with Crippen LogP contribution < -0.4 is 20.3 Å². The molecule has 0 saturated heterocycles. The molecule has 1 aliphatic rings. The minimum absolute atomic E-state index is 0.0143. The van der Waals surface area contributed by atoms with Crippen molar-refractivity contribution in [3.63, 3.8) is 0 Å². The Morgan fingerprint density at radius 1 is 1.07 bits per heavy atom. The molecule has 5 rings (SSSR count). The fourth-order valence-corrected chi connectivity index (χ4v) is 5.96. The highest BCUT2D eigenvalue weighted by molar-refractivity contribution is 7.92. The zero-order valence-electron chi connectivity index (χ0n) is 21.9. The van der Waals surface area contributed by atoms with Gasteiger partial charge in [0.25, 0.3) is 11.5 Å². The van der Waals surface area contributed by atoms with Crippen molar-refractivity contribution in [1.29, 1.82) is 0 Å². The van der Waals surface area contributed by atoms with Crippen molar-refractivity contribution in [3.05, 3.63) is 75.5 Å². The van der Waals surface area contributed by atoms with Crippen LogP contribution in [-0.2, 0) is 17.1 Å². The van der Waals surface area contributed by atoms with Crippen LogP contribution in [0.1, 0.15) is 29.4 Å². The van der Waals surface area contributed by atoms with Crippen LogP contribution in [0.4, 0.5) is 27.6 Å². The van der Waals surface area contributed by atoms with Crippen LogP contribution in [0.15, 0.2) is 53.5 Å². The van der Waals surface area contributed by atoms with Crippen LogP contribution in [0.5, 0.6) is 11.5 Å². The molecule has 222 valence electrons. The second-order valence-corrected chi connectivity index (χ2v) is 12.8. The average Bonchev–Trinajstić information content (AvgIpc) is 3.57. The third-order valence-corrected chi connectivity index (χ3v) is 9.23. The van der Waals surface area contributed by atoms with Crippen molar-refractivity contribution >= 4 is 43.0 Å². The number of alkyl halides is 3. The number of ether oxygens (including phenoxy) is 1. The molecule has 0 spiro atoms. The van der Waals surface area contributed by atoms with E-state index in [0.29, 0.717) is 6.07 Å². The van der Waals surface area contributed by atoms with Crippen molar-refractivity contribution in [3.8, 4) is 22.6 Å². The molecule has 0 aliphatic heterocycles. The molecular weight excluding hydrogens is 605 g/mol. The maximum absolute atomic E-state index is 14.5. The summed E-state index contributed by atoms with van der Waals surface area (Å²) in [5.41, 5.74) is -2.38. The molecule has 2 aromatic heterocycles. The second-order valence-electron chi connectivity index (χ2n) is 9.74. The molecule has 1 fully saturated rings. The molecule has 15 heteroatoms. The molecule has 2 heterocycles. The number of carbonyl (C=O) groups excluding carboxylic acids is 1. The molecule has 0 radical (unpaired) electrons. The monoisotopic (exact) mass is 627 g/mol. The summed E-state index contributed by atoms with van der Waals surface area (Å²) in [5, 5.41) is 2.05. The van der Waals surface area contributed by atoms with Gasteiger partial charge in [0.05, 0.1) is 20.7 Å². The van der Waals surface area contributed by atoms with E-state index < -0.39 is 44.8 Å². The number of fused-ring (bicyclic) bond motifs is 1. The van der Waals surface area contributed by atoms with Gasteiger partial charge in [-0.05, 0) is 56.2 Å². The number of halogens is 5. The number of amides is 1. The first kappa shape index (κ1) is 29.5. The summed E-state index contributed by atoms with van der Waals surface area (Å²) in [5.74, 6) is -3.48. The fourth-order valence-electron chi connectivity index (χ4n) is 4.26. The van der Waals surface area contributed by atoms with Gasteiger partial charge in [0.1, 0.15) is 17.1 Å². The summed E-state index contributed by atoms with van der Waals surface area (Å²) in [6, 6.07) is 7.89. The third kappa shape index (κ3) is 5.57. The molecule has 2 N–H and O–H groups in total. The molecule has 1 amide bonds.